The van der Waals surface area contributed by atoms with Gasteiger partial charge in [-0.1, -0.05) is 6.42 Å². The first-order valence-electron chi connectivity index (χ1n) is 10.4. The maximum Gasteiger partial charge on any atom is 0.384 e. The van der Waals surface area contributed by atoms with Crippen LogP contribution in [0.5, 0.6) is 0 Å². The lowest BCUT2D eigenvalue weighted by Gasteiger charge is -2.29. The van der Waals surface area contributed by atoms with Crippen LogP contribution in [0.3, 0.4) is 0 Å². The number of rotatable bonds is 3. The molecule has 2 saturated heterocycles. The van der Waals surface area contributed by atoms with Gasteiger partial charge in [0.2, 0.25) is 0 Å². The molecule has 0 aromatic rings. The van der Waals surface area contributed by atoms with E-state index in [-0.39, 0.29) is 5.70 Å². The SMILES string of the molecule is C1CCNCC1.COC(=O)/C=C(\C(=O)OC)N1CCCCC1.COC(=O)C#CC(=O)OC. The molecule has 0 amide bonds. The first-order valence-corrected chi connectivity index (χ1v) is 10.4. The van der Waals surface area contributed by atoms with Crippen LogP contribution >= 0.6 is 0 Å². The number of hydrogen-bond acceptors (Lipinski definition) is 10. The van der Waals surface area contributed by atoms with E-state index in [1.165, 1.54) is 66.9 Å². The molecule has 2 aliphatic rings. The fraction of sp³-hybridized carbons (Fsp3) is 0.636. The van der Waals surface area contributed by atoms with Crippen molar-refractivity contribution < 1.29 is 38.1 Å². The van der Waals surface area contributed by atoms with Gasteiger partial charge in [0.25, 0.3) is 0 Å². The zero-order chi connectivity index (χ0) is 24.2. The van der Waals surface area contributed by atoms with Gasteiger partial charge >= 0.3 is 23.9 Å². The van der Waals surface area contributed by atoms with Crippen molar-refractivity contribution in [3.8, 4) is 11.8 Å². The topological polar surface area (TPSA) is 120 Å². The number of hydrogen-bond donors (Lipinski definition) is 1. The summed E-state index contributed by atoms with van der Waals surface area (Å²) in [5.41, 5.74) is 0.286. The monoisotopic (exact) mass is 454 g/mol. The number of nitrogens with one attached hydrogen (secondary N) is 1. The molecule has 0 aromatic carbocycles. The van der Waals surface area contributed by atoms with E-state index in [9.17, 15) is 19.2 Å². The molecule has 0 spiro atoms. The number of carbonyl (C=O) groups excluding carboxylic acids is 4. The van der Waals surface area contributed by atoms with Gasteiger partial charge in [0.15, 0.2) is 0 Å². The van der Waals surface area contributed by atoms with Gasteiger partial charge in [-0.05, 0) is 45.2 Å². The van der Waals surface area contributed by atoms with E-state index >= 15 is 0 Å². The molecular weight excluding hydrogens is 420 g/mol. The van der Waals surface area contributed by atoms with E-state index in [0.717, 1.165) is 32.4 Å². The van der Waals surface area contributed by atoms with Crippen LogP contribution in [0, 0.1) is 11.8 Å². The summed E-state index contributed by atoms with van der Waals surface area (Å²) in [6, 6.07) is 0. The summed E-state index contributed by atoms with van der Waals surface area (Å²) in [6.07, 6.45) is 8.61. The summed E-state index contributed by atoms with van der Waals surface area (Å²) < 4.78 is 17.4. The second-order valence-electron chi connectivity index (χ2n) is 6.64. The van der Waals surface area contributed by atoms with Gasteiger partial charge < -0.3 is 29.2 Å². The average Bonchev–Trinajstić information content (AvgIpc) is 2.87. The molecule has 32 heavy (non-hydrogen) atoms. The number of piperidine rings is 2. The van der Waals surface area contributed by atoms with E-state index < -0.39 is 23.9 Å². The lowest BCUT2D eigenvalue weighted by Crippen LogP contribution is -2.33. The summed E-state index contributed by atoms with van der Waals surface area (Å²) >= 11 is 0. The number of carbonyl (C=O) groups is 4. The van der Waals surface area contributed by atoms with Crippen LogP contribution in [0.2, 0.25) is 0 Å². The van der Waals surface area contributed by atoms with Crippen LogP contribution in [0.1, 0.15) is 38.5 Å². The molecular formula is C22H34N2O8. The number of esters is 4. The number of ether oxygens (including phenoxy) is 4. The molecule has 0 saturated carbocycles. The molecule has 0 aromatic heterocycles. The zero-order valence-corrected chi connectivity index (χ0v) is 19.4. The minimum atomic E-state index is -0.759. The van der Waals surface area contributed by atoms with Crippen molar-refractivity contribution in [2.75, 3.05) is 54.6 Å². The fourth-order valence-corrected chi connectivity index (χ4v) is 2.70. The van der Waals surface area contributed by atoms with Gasteiger partial charge in [-0.25, -0.2) is 19.2 Å². The number of nitrogens with zero attached hydrogens (tertiary/aromatic N) is 1. The van der Waals surface area contributed by atoms with Crippen molar-refractivity contribution in [3.63, 3.8) is 0 Å². The third kappa shape index (κ3) is 14.0. The van der Waals surface area contributed by atoms with Gasteiger partial charge in [-0.2, -0.15) is 0 Å². The Hall–Kier alpha value is -3.06. The Bertz CT molecular complexity index is 652. The number of methoxy groups -OCH3 is 4. The highest BCUT2D eigenvalue weighted by molar-refractivity contribution is 5.98. The standard InChI is InChI=1S/C11H17NO4.C6H6O4.C5H11N/c1-15-10(13)8-9(11(14)16-2)12-6-4-3-5-7-12;1-9-5(7)3-4-6(8)10-2;1-2-4-6-5-3-1/h8H,3-7H2,1-2H3;1-2H3;6H,1-5H2/b9-8+;;. The minimum Gasteiger partial charge on any atom is -0.466 e. The van der Waals surface area contributed by atoms with Crippen molar-refractivity contribution in [2.24, 2.45) is 0 Å². The molecule has 2 aliphatic heterocycles. The molecule has 0 unspecified atom stereocenters. The Kier molecular flexibility index (Phi) is 16.9. The van der Waals surface area contributed by atoms with Crippen LogP contribution in [-0.2, 0) is 38.1 Å². The van der Waals surface area contributed by atoms with Gasteiger partial charge in [-0.15, -0.1) is 0 Å². The molecule has 1 N–H and O–H groups in total. The normalized spacial score (nSPS) is 15.1. The number of likely N-dealkylation sites (tertiary alicyclic amines) is 1. The average molecular weight is 455 g/mol. The fourth-order valence-electron chi connectivity index (χ4n) is 2.70. The van der Waals surface area contributed by atoms with Crippen molar-refractivity contribution in [2.45, 2.75) is 38.5 Å². The Morgan fingerprint density at radius 1 is 0.719 bits per heavy atom. The predicted molar refractivity (Wildman–Crippen MR) is 116 cm³/mol. The van der Waals surface area contributed by atoms with Crippen LogP contribution in [-0.4, -0.2) is 83.4 Å². The Balaban J connectivity index is 0.000000508. The first kappa shape index (κ1) is 28.9. The third-order valence-electron chi connectivity index (χ3n) is 4.39. The van der Waals surface area contributed by atoms with Crippen molar-refractivity contribution >= 4 is 23.9 Å². The van der Waals surface area contributed by atoms with Crippen molar-refractivity contribution in [3.05, 3.63) is 11.8 Å². The summed E-state index contributed by atoms with van der Waals surface area (Å²) in [4.78, 5) is 45.0. The van der Waals surface area contributed by atoms with Crippen LogP contribution in [0.4, 0.5) is 0 Å². The molecule has 2 rings (SSSR count). The predicted octanol–water partition coefficient (Wildman–Crippen LogP) is 0.798. The summed E-state index contributed by atoms with van der Waals surface area (Å²) in [7, 11) is 4.93. The van der Waals surface area contributed by atoms with Gasteiger partial charge in [-0.3, -0.25) is 0 Å². The molecule has 0 radical (unpaired) electrons. The second-order valence-corrected chi connectivity index (χ2v) is 6.64. The molecule has 10 nitrogen and oxygen atoms in total. The highest BCUT2D eigenvalue weighted by Gasteiger charge is 2.21. The lowest BCUT2D eigenvalue weighted by atomic mass is 10.1. The zero-order valence-electron chi connectivity index (χ0n) is 19.4. The summed E-state index contributed by atoms with van der Waals surface area (Å²) in [5, 5.41) is 3.28. The molecule has 2 heterocycles. The quantitative estimate of drug-likeness (QED) is 0.215. The summed E-state index contributed by atoms with van der Waals surface area (Å²) in [5.74, 6) is 1.25. The molecule has 0 aliphatic carbocycles. The Labute approximate surface area is 189 Å². The van der Waals surface area contributed by atoms with E-state index in [1.807, 2.05) is 16.7 Å². The molecule has 0 bridgehead atoms. The van der Waals surface area contributed by atoms with E-state index in [1.54, 1.807) is 0 Å². The molecule has 180 valence electrons. The maximum absolute atomic E-state index is 11.5. The molecule has 10 heteroatoms. The lowest BCUT2D eigenvalue weighted by molar-refractivity contribution is -0.140. The van der Waals surface area contributed by atoms with Gasteiger partial charge in [0.05, 0.1) is 34.5 Å². The third-order valence-corrected chi connectivity index (χ3v) is 4.39. The first-order chi connectivity index (χ1) is 15.4. The summed E-state index contributed by atoms with van der Waals surface area (Å²) in [6.45, 7) is 4.05. The Morgan fingerprint density at radius 2 is 1.22 bits per heavy atom. The van der Waals surface area contributed by atoms with Gasteiger partial charge in [0.1, 0.15) is 5.70 Å². The maximum atomic E-state index is 11.5. The van der Waals surface area contributed by atoms with E-state index in [4.69, 9.17) is 0 Å². The van der Waals surface area contributed by atoms with Gasteiger partial charge in [0, 0.05) is 24.9 Å². The van der Waals surface area contributed by atoms with E-state index in [0.29, 0.717) is 0 Å². The van der Waals surface area contributed by atoms with Crippen molar-refractivity contribution in [1.29, 1.82) is 0 Å². The van der Waals surface area contributed by atoms with Crippen LogP contribution in [0.25, 0.3) is 0 Å². The minimum absolute atomic E-state index is 0.286. The molecule has 2 fully saturated rings. The second kappa shape index (κ2) is 18.7. The molecule has 0 atom stereocenters. The van der Waals surface area contributed by atoms with Crippen LogP contribution in [0.15, 0.2) is 11.8 Å². The van der Waals surface area contributed by atoms with Crippen molar-refractivity contribution in [1.82, 2.24) is 10.2 Å². The highest BCUT2D eigenvalue weighted by atomic mass is 16.5. The largest absolute Gasteiger partial charge is 0.466 e. The highest BCUT2D eigenvalue weighted by Crippen LogP contribution is 2.15. The van der Waals surface area contributed by atoms with Crippen LogP contribution < -0.4 is 5.32 Å². The van der Waals surface area contributed by atoms with E-state index in [2.05, 4.69) is 24.3 Å². The Morgan fingerprint density at radius 3 is 1.56 bits per heavy atom. The smallest absolute Gasteiger partial charge is 0.384 e.